The van der Waals surface area contributed by atoms with E-state index in [0.29, 0.717) is 0 Å². The van der Waals surface area contributed by atoms with E-state index in [9.17, 15) is 9.90 Å². The predicted molar refractivity (Wildman–Crippen MR) is 88.8 cm³/mol. The number of rotatable bonds is 4. The van der Waals surface area contributed by atoms with Crippen molar-refractivity contribution in [2.24, 2.45) is 11.8 Å². The van der Waals surface area contributed by atoms with Gasteiger partial charge in [0, 0.05) is 31.7 Å². The molecule has 1 aliphatic carbocycles. The lowest BCUT2D eigenvalue weighted by molar-refractivity contribution is 0.116. The molecule has 0 spiro atoms. The molecule has 22 heavy (non-hydrogen) atoms. The lowest BCUT2D eigenvalue weighted by Gasteiger charge is -2.36. The van der Waals surface area contributed by atoms with E-state index in [1.165, 1.54) is 6.42 Å². The summed E-state index contributed by atoms with van der Waals surface area (Å²) in [5.74, 6) is 1.50. The van der Waals surface area contributed by atoms with Gasteiger partial charge in [-0.1, -0.05) is 13.8 Å². The molecule has 2 rings (SSSR count). The molecule has 128 valence electrons. The second kappa shape index (κ2) is 8.16. The van der Waals surface area contributed by atoms with Gasteiger partial charge in [-0.05, 0) is 50.9 Å². The molecule has 0 bridgehead atoms. The molecule has 3 atom stereocenters. The maximum atomic E-state index is 12.1. The largest absolute Gasteiger partial charge is 0.393 e. The van der Waals surface area contributed by atoms with Gasteiger partial charge in [-0.3, -0.25) is 0 Å². The first-order chi connectivity index (χ1) is 10.4. The predicted octanol–water partition coefficient (Wildman–Crippen LogP) is 1.96. The van der Waals surface area contributed by atoms with Crippen LogP contribution in [-0.2, 0) is 0 Å². The third-order valence-electron chi connectivity index (χ3n) is 4.89. The normalized spacial score (nSPS) is 34.9. The molecule has 2 fully saturated rings. The molecule has 2 amide bonds. The zero-order valence-electron chi connectivity index (χ0n) is 14.3. The highest BCUT2D eigenvalue weighted by Gasteiger charge is 2.24. The van der Waals surface area contributed by atoms with E-state index < -0.39 is 0 Å². The summed E-state index contributed by atoms with van der Waals surface area (Å²) in [5.41, 5.74) is 0. The number of nitrogens with one attached hydrogen (secondary N) is 2. The number of hydrogen-bond donors (Lipinski definition) is 3. The fourth-order valence-corrected chi connectivity index (χ4v) is 4.05. The number of aliphatic hydroxyl groups excluding tert-OH is 1. The van der Waals surface area contributed by atoms with Crippen LogP contribution in [0, 0.1) is 11.8 Å². The topological polar surface area (TPSA) is 64.6 Å². The van der Waals surface area contributed by atoms with Crippen LogP contribution in [0.3, 0.4) is 0 Å². The molecule has 5 heteroatoms. The van der Waals surface area contributed by atoms with Crippen molar-refractivity contribution >= 4 is 6.03 Å². The average Bonchev–Trinajstić information content (AvgIpc) is 2.39. The van der Waals surface area contributed by atoms with Crippen molar-refractivity contribution in [3.63, 3.8) is 0 Å². The Labute approximate surface area is 134 Å². The van der Waals surface area contributed by atoms with Gasteiger partial charge in [0.1, 0.15) is 0 Å². The van der Waals surface area contributed by atoms with Crippen LogP contribution in [0.5, 0.6) is 0 Å². The second-order valence-electron chi connectivity index (χ2n) is 7.69. The minimum absolute atomic E-state index is 0.0630. The Hall–Kier alpha value is -0.810. The molecular formula is C17H33N3O2. The van der Waals surface area contributed by atoms with Crippen LogP contribution in [0.1, 0.15) is 52.9 Å². The van der Waals surface area contributed by atoms with Gasteiger partial charge in [0.15, 0.2) is 0 Å². The van der Waals surface area contributed by atoms with Gasteiger partial charge in [0.05, 0.1) is 6.10 Å². The molecule has 1 heterocycles. The molecule has 1 saturated heterocycles. The monoisotopic (exact) mass is 311 g/mol. The van der Waals surface area contributed by atoms with Crippen molar-refractivity contribution in [3.8, 4) is 0 Å². The van der Waals surface area contributed by atoms with Crippen LogP contribution in [-0.4, -0.2) is 53.9 Å². The van der Waals surface area contributed by atoms with E-state index >= 15 is 0 Å². The molecule has 3 unspecified atom stereocenters. The van der Waals surface area contributed by atoms with E-state index in [2.05, 4.69) is 36.3 Å². The lowest BCUT2D eigenvalue weighted by Crippen LogP contribution is -2.51. The molecule has 3 N–H and O–H groups in total. The van der Waals surface area contributed by atoms with Crippen molar-refractivity contribution < 1.29 is 9.90 Å². The number of likely N-dealkylation sites (tertiary alicyclic amines) is 1. The number of piperidine rings is 1. The maximum Gasteiger partial charge on any atom is 0.315 e. The summed E-state index contributed by atoms with van der Waals surface area (Å²) in [5, 5.41) is 15.6. The summed E-state index contributed by atoms with van der Waals surface area (Å²) >= 11 is 0. The van der Waals surface area contributed by atoms with Gasteiger partial charge < -0.3 is 20.6 Å². The fraction of sp³-hybridized carbons (Fsp3) is 0.941. The molecule has 5 nitrogen and oxygen atoms in total. The number of carbonyl (C=O) groups excluding carboxylic acids is 1. The molecule has 0 aromatic rings. The highest BCUT2D eigenvalue weighted by molar-refractivity contribution is 5.74. The van der Waals surface area contributed by atoms with Crippen LogP contribution in [0.25, 0.3) is 0 Å². The quantitative estimate of drug-likeness (QED) is 0.743. The van der Waals surface area contributed by atoms with E-state index in [-0.39, 0.29) is 24.2 Å². The second-order valence-corrected chi connectivity index (χ2v) is 7.69. The number of amides is 2. The molecule has 0 aromatic heterocycles. The first-order valence-electron chi connectivity index (χ1n) is 8.89. The van der Waals surface area contributed by atoms with Gasteiger partial charge in [0.2, 0.25) is 0 Å². The Bertz CT molecular complexity index is 346. The number of carbonyl (C=O) groups is 1. The van der Waals surface area contributed by atoms with Gasteiger partial charge in [-0.2, -0.15) is 0 Å². The number of nitrogens with zero attached hydrogens (tertiary/aromatic N) is 1. The summed E-state index contributed by atoms with van der Waals surface area (Å²) in [6.07, 6.45) is 4.48. The van der Waals surface area contributed by atoms with Crippen LogP contribution < -0.4 is 10.6 Å². The van der Waals surface area contributed by atoms with E-state index in [1.54, 1.807) is 0 Å². The Balaban J connectivity index is 1.67. The summed E-state index contributed by atoms with van der Waals surface area (Å²) in [6.45, 7) is 9.90. The first kappa shape index (κ1) is 17.5. The van der Waals surface area contributed by atoms with Crippen molar-refractivity contribution in [1.82, 2.24) is 15.5 Å². The minimum Gasteiger partial charge on any atom is -0.393 e. The number of urea groups is 1. The Morgan fingerprint density at radius 2 is 1.77 bits per heavy atom. The maximum absolute atomic E-state index is 12.1. The summed E-state index contributed by atoms with van der Waals surface area (Å²) in [6, 6.07) is 0.310. The van der Waals surface area contributed by atoms with E-state index in [4.69, 9.17) is 0 Å². The van der Waals surface area contributed by atoms with Crippen LogP contribution >= 0.6 is 0 Å². The van der Waals surface area contributed by atoms with Crippen molar-refractivity contribution in [1.29, 1.82) is 0 Å². The number of hydrogen-bond acceptors (Lipinski definition) is 3. The van der Waals surface area contributed by atoms with Gasteiger partial charge in [-0.25, -0.2) is 4.79 Å². The van der Waals surface area contributed by atoms with Crippen molar-refractivity contribution in [2.75, 3.05) is 19.6 Å². The third-order valence-corrected chi connectivity index (χ3v) is 4.89. The van der Waals surface area contributed by atoms with Gasteiger partial charge >= 0.3 is 6.03 Å². The fourth-order valence-electron chi connectivity index (χ4n) is 4.05. The van der Waals surface area contributed by atoms with E-state index in [0.717, 1.165) is 57.2 Å². The van der Waals surface area contributed by atoms with Gasteiger partial charge in [0.25, 0.3) is 0 Å². The van der Waals surface area contributed by atoms with Crippen LogP contribution in [0.2, 0.25) is 0 Å². The SMILES string of the molecule is CC1CC(C)CN(CC(C)NC(=O)NC2CCC(O)CC2)C1. The minimum atomic E-state index is -0.178. The Morgan fingerprint density at radius 1 is 1.18 bits per heavy atom. The van der Waals surface area contributed by atoms with Crippen LogP contribution in [0.15, 0.2) is 0 Å². The molecule has 1 aliphatic heterocycles. The Kier molecular flexibility index (Phi) is 6.50. The molecule has 0 aromatic carbocycles. The number of aliphatic hydroxyl groups is 1. The van der Waals surface area contributed by atoms with Crippen molar-refractivity contribution in [2.45, 2.75) is 71.1 Å². The molecule has 1 saturated carbocycles. The van der Waals surface area contributed by atoms with Crippen LogP contribution in [0.4, 0.5) is 4.79 Å². The zero-order chi connectivity index (χ0) is 16.1. The summed E-state index contributed by atoms with van der Waals surface area (Å²) in [4.78, 5) is 14.5. The van der Waals surface area contributed by atoms with Crippen molar-refractivity contribution in [3.05, 3.63) is 0 Å². The summed E-state index contributed by atoms with van der Waals surface area (Å²) < 4.78 is 0. The lowest BCUT2D eigenvalue weighted by atomic mass is 9.92. The highest BCUT2D eigenvalue weighted by atomic mass is 16.3. The smallest absolute Gasteiger partial charge is 0.315 e. The molecule has 0 radical (unpaired) electrons. The first-order valence-corrected chi connectivity index (χ1v) is 8.89. The third kappa shape index (κ3) is 5.76. The zero-order valence-corrected chi connectivity index (χ0v) is 14.3. The summed E-state index contributed by atoms with van der Waals surface area (Å²) in [7, 11) is 0. The Morgan fingerprint density at radius 3 is 2.36 bits per heavy atom. The standard InChI is InChI=1S/C17H33N3O2/c1-12-8-13(2)10-20(9-12)11-14(3)18-17(22)19-15-4-6-16(21)7-5-15/h12-16,21H,4-11H2,1-3H3,(H2,18,19,22). The molecular weight excluding hydrogens is 278 g/mol. The molecule has 2 aliphatic rings. The van der Waals surface area contributed by atoms with E-state index in [1.807, 2.05) is 0 Å². The average molecular weight is 311 g/mol. The highest BCUT2D eigenvalue weighted by Crippen LogP contribution is 2.21. The van der Waals surface area contributed by atoms with Gasteiger partial charge in [-0.15, -0.1) is 0 Å².